The van der Waals surface area contributed by atoms with Crippen LogP contribution >= 0.6 is 10.2 Å². The van der Waals surface area contributed by atoms with Gasteiger partial charge in [-0.2, -0.15) is 0 Å². The van der Waals surface area contributed by atoms with Crippen LogP contribution in [0.25, 0.3) is 0 Å². The summed E-state index contributed by atoms with van der Waals surface area (Å²) in [6.07, 6.45) is -1.19. The first kappa shape index (κ1) is 29.2. The Balaban J connectivity index is 2.23. The molecule has 1 aliphatic heterocycles. The molecule has 0 aliphatic carbocycles. The summed E-state index contributed by atoms with van der Waals surface area (Å²) < 4.78 is 115. The maximum Gasteiger partial charge on any atom is 0.437 e. The molecule has 2 aromatic rings. The van der Waals surface area contributed by atoms with E-state index in [1.807, 2.05) is 0 Å². The minimum Gasteiger partial charge on any atom is -0.442 e. The molecular weight excluding hydrogens is 550 g/mol. The monoisotopic (exact) mass is 573 g/mol. The van der Waals surface area contributed by atoms with Crippen LogP contribution in [0.15, 0.2) is 46.3 Å². The van der Waals surface area contributed by atoms with Crippen molar-refractivity contribution in [1.82, 2.24) is 10.2 Å². The van der Waals surface area contributed by atoms with Gasteiger partial charge in [-0.15, -0.1) is 4.99 Å². The quantitative estimate of drug-likeness (QED) is 0.398. The molecule has 0 bridgehead atoms. The van der Waals surface area contributed by atoms with Crippen molar-refractivity contribution in [3.05, 3.63) is 65.0 Å². The van der Waals surface area contributed by atoms with E-state index in [1.54, 1.807) is 0 Å². The Hall–Kier alpha value is -3.36. The number of likely N-dealkylation sites (N-methyl/N-ethyl adjacent to an activating group) is 1. The lowest BCUT2D eigenvalue weighted by molar-refractivity contribution is -0.131. The Labute approximate surface area is 212 Å². The van der Waals surface area contributed by atoms with E-state index in [0.717, 1.165) is 18.9 Å². The molecule has 2 aromatic carbocycles. The van der Waals surface area contributed by atoms with Gasteiger partial charge in [-0.3, -0.25) is 9.69 Å². The van der Waals surface area contributed by atoms with Gasteiger partial charge in [-0.25, -0.2) is 18.0 Å². The normalized spacial score (nSPS) is 23.5. The van der Waals surface area contributed by atoms with Crippen LogP contribution in [-0.2, 0) is 15.1 Å². The summed E-state index contributed by atoms with van der Waals surface area (Å²) >= 11 is 0. The molecule has 1 fully saturated rings. The van der Waals surface area contributed by atoms with Gasteiger partial charge in [0.05, 0.1) is 11.5 Å². The first-order chi connectivity index (χ1) is 16.9. The van der Waals surface area contributed by atoms with Crippen molar-refractivity contribution >= 4 is 28.2 Å². The van der Waals surface area contributed by atoms with Crippen LogP contribution in [0.5, 0.6) is 0 Å². The largest absolute Gasteiger partial charge is 0.442 e. The second kappa shape index (κ2) is 8.32. The summed E-state index contributed by atoms with van der Waals surface area (Å²) in [5.74, 6) is -7.58. The number of nitrogens with one attached hydrogen (secondary N) is 1. The van der Waals surface area contributed by atoms with E-state index < -0.39 is 73.2 Å². The van der Waals surface area contributed by atoms with Crippen molar-refractivity contribution in [3.8, 4) is 0 Å². The highest BCUT2D eigenvalue weighted by molar-refractivity contribution is 8.45. The van der Waals surface area contributed by atoms with Crippen molar-refractivity contribution in [1.29, 1.82) is 0 Å². The van der Waals surface area contributed by atoms with E-state index in [2.05, 4.69) is 10.3 Å². The Morgan fingerprint density at radius 2 is 1.53 bits per heavy atom. The number of nitrogens with zero attached hydrogens (tertiary/aromatic N) is 2. The first-order valence-electron chi connectivity index (χ1n) is 10.8. The lowest BCUT2D eigenvalue weighted by Crippen LogP contribution is -2.63. The predicted octanol–water partition coefficient (Wildman–Crippen LogP) is 7.11. The number of guanidine groups is 1. The Morgan fingerprint density at radius 1 is 1.03 bits per heavy atom. The number of benzene rings is 2. The fourth-order valence-electron chi connectivity index (χ4n) is 4.05. The molecule has 1 heterocycles. The van der Waals surface area contributed by atoms with Gasteiger partial charge in [0.25, 0.3) is 0 Å². The molecule has 15 heteroatoms. The molecule has 1 aliphatic rings. The molecule has 1 saturated heterocycles. The molecule has 0 aromatic heterocycles. The van der Waals surface area contributed by atoms with E-state index in [-0.39, 0.29) is 17.7 Å². The zero-order chi connectivity index (χ0) is 29.1. The van der Waals surface area contributed by atoms with Gasteiger partial charge in [-0.05, 0) is 45.4 Å². The summed E-state index contributed by atoms with van der Waals surface area (Å²) in [5, 5.41) is 2.54. The van der Waals surface area contributed by atoms with Crippen molar-refractivity contribution in [2.75, 3.05) is 7.05 Å². The number of halogens is 8. The van der Waals surface area contributed by atoms with Crippen LogP contribution in [0.3, 0.4) is 0 Å². The highest BCUT2D eigenvalue weighted by atomic mass is 32.5. The molecule has 0 saturated carbocycles. The van der Waals surface area contributed by atoms with Crippen LogP contribution in [0, 0.1) is 17.5 Å². The minimum atomic E-state index is -10.1. The lowest BCUT2D eigenvalue weighted by atomic mass is 9.73. The van der Waals surface area contributed by atoms with Crippen molar-refractivity contribution in [2.45, 2.75) is 49.6 Å². The third-order valence-electron chi connectivity index (χ3n) is 5.62. The second-order valence-corrected chi connectivity index (χ2v) is 12.3. The number of hydrogen-bond donors (Lipinski definition) is 1. The van der Waals surface area contributed by atoms with Crippen LogP contribution in [0.1, 0.15) is 44.7 Å². The minimum absolute atomic E-state index is 0.0479. The third kappa shape index (κ3) is 5.87. The fourth-order valence-corrected chi connectivity index (χ4v) is 4.70. The van der Waals surface area contributed by atoms with Crippen molar-refractivity contribution in [2.24, 2.45) is 4.99 Å². The van der Waals surface area contributed by atoms with E-state index in [4.69, 9.17) is 4.74 Å². The standard InChI is InChI=1S/C23H23F8N3O3S/c1-22(2,3)37-21(36)32-20-33-23(4,18-15(25)10-13(24)11-16(18)26)17(19(35)34(20)5)12-6-8-14(9-7-12)38(27,28,29,30)31/h6-11,17H,1-5H3,(H,32,33,36)/t17-,23-/m0/s1. The van der Waals surface area contributed by atoms with Crippen LogP contribution in [-0.4, -0.2) is 35.5 Å². The summed E-state index contributed by atoms with van der Waals surface area (Å²) in [7, 11) is -8.97. The number of aliphatic imine (C=N–C) groups is 1. The van der Waals surface area contributed by atoms with Crippen LogP contribution in [0.2, 0.25) is 0 Å². The second-order valence-electron chi connectivity index (χ2n) is 9.86. The summed E-state index contributed by atoms with van der Waals surface area (Å²) in [5.41, 5.74) is -4.52. The summed E-state index contributed by atoms with van der Waals surface area (Å²) in [4.78, 5) is 27.9. The van der Waals surface area contributed by atoms with Crippen molar-refractivity contribution in [3.63, 3.8) is 0 Å². The van der Waals surface area contributed by atoms with Gasteiger partial charge in [0.1, 0.15) is 27.9 Å². The van der Waals surface area contributed by atoms with Gasteiger partial charge in [0, 0.05) is 24.7 Å². The molecule has 0 radical (unpaired) electrons. The number of rotatable bonds is 3. The van der Waals surface area contributed by atoms with Gasteiger partial charge >= 0.3 is 16.3 Å². The Morgan fingerprint density at radius 3 is 1.97 bits per heavy atom. The Bertz CT molecular complexity index is 1320. The highest BCUT2D eigenvalue weighted by Crippen LogP contribution is 3.02. The molecule has 0 unspecified atom stereocenters. The number of amides is 2. The third-order valence-corrected chi connectivity index (χ3v) is 6.78. The van der Waals surface area contributed by atoms with Gasteiger partial charge in [-0.1, -0.05) is 31.6 Å². The summed E-state index contributed by atoms with van der Waals surface area (Å²) in [6, 6.07) is 1.86. The summed E-state index contributed by atoms with van der Waals surface area (Å²) in [6.45, 7) is 5.63. The van der Waals surface area contributed by atoms with E-state index in [9.17, 15) is 42.2 Å². The van der Waals surface area contributed by atoms with E-state index in [0.29, 0.717) is 24.3 Å². The lowest BCUT2D eigenvalue weighted by Gasteiger charge is -2.46. The maximum atomic E-state index is 15.0. The van der Waals surface area contributed by atoms with E-state index >= 15 is 0 Å². The average Bonchev–Trinajstić information content (AvgIpc) is 2.68. The van der Waals surface area contributed by atoms with Crippen LogP contribution in [0.4, 0.5) is 37.4 Å². The molecule has 2 amide bonds. The fraction of sp³-hybridized carbons (Fsp3) is 0.348. The number of ether oxygens (including phenoxy) is 1. The predicted molar refractivity (Wildman–Crippen MR) is 124 cm³/mol. The highest BCUT2D eigenvalue weighted by Gasteiger charge is 2.65. The topological polar surface area (TPSA) is 71.0 Å². The zero-order valence-electron chi connectivity index (χ0n) is 20.6. The molecule has 3 rings (SSSR count). The van der Waals surface area contributed by atoms with E-state index in [1.165, 1.54) is 20.8 Å². The smallest absolute Gasteiger partial charge is 0.437 e. The van der Waals surface area contributed by atoms with Gasteiger partial charge in [0.2, 0.25) is 11.9 Å². The molecule has 2 atom stereocenters. The first-order valence-corrected chi connectivity index (χ1v) is 12.7. The van der Waals surface area contributed by atoms with Gasteiger partial charge < -0.3 is 10.1 Å². The molecule has 210 valence electrons. The van der Waals surface area contributed by atoms with Crippen molar-refractivity contribution < 1.29 is 46.9 Å². The number of hydrogen-bond acceptors (Lipinski definition) is 3. The number of carbonyl (C=O) groups excluding carboxylic acids is 2. The number of carbonyl (C=O) groups is 2. The molecule has 0 spiro atoms. The Kier molecular flexibility index (Phi) is 6.39. The molecular formula is C23H23F8N3O3S. The molecule has 6 nitrogen and oxygen atoms in total. The van der Waals surface area contributed by atoms with Gasteiger partial charge in [0.15, 0.2) is 0 Å². The van der Waals surface area contributed by atoms with Crippen LogP contribution < -0.4 is 5.32 Å². The average molecular weight is 574 g/mol. The molecule has 38 heavy (non-hydrogen) atoms. The SMILES string of the molecule is CN1C(=O)[C@H](c2ccc(S(F)(F)(F)(F)F)cc2)[C@@](C)(c2c(F)cc(F)cc2F)N/C1=N\C(=O)OC(C)(C)C. The zero-order valence-corrected chi connectivity index (χ0v) is 21.4. The molecule has 1 N–H and O–H groups in total. The maximum absolute atomic E-state index is 15.0.